The molecule has 0 fully saturated rings. The SMILES string of the molecule is Br.NCCc1ccc2cc(O)ccc2c1. The van der Waals surface area contributed by atoms with E-state index < -0.39 is 0 Å². The van der Waals surface area contributed by atoms with Gasteiger partial charge in [-0.3, -0.25) is 0 Å². The van der Waals surface area contributed by atoms with Crippen LogP contribution in [0.4, 0.5) is 0 Å². The smallest absolute Gasteiger partial charge is 0.116 e. The maximum Gasteiger partial charge on any atom is 0.116 e. The molecule has 15 heavy (non-hydrogen) atoms. The number of hydrogen-bond acceptors (Lipinski definition) is 2. The number of halogens is 1. The summed E-state index contributed by atoms with van der Waals surface area (Å²) in [6.07, 6.45) is 0.900. The van der Waals surface area contributed by atoms with Crippen molar-refractivity contribution in [2.75, 3.05) is 6.54 Å². The molecule has 0 radical (unpaired) electrons. The molecule has 0 atom stereocenters. The zero-order valence-corrected chi connectivity index (χ0v) is 10.0. The summed E-state index contributed by atoms with van der Waals surface area (Å²) >= 11 is 0. The predicted octanol–water partition coefficient (Wildman–Crippen LogP) is 2.62. The van der Waals surface area contributed by atoms with E-state index in [1.54, 1.807) is 12.1 Å². The summed E-state index contributed by atoms with van der Waals surface area (Å²) in [5.74, 6) is 0.309. The van der Waals surface area contributed by atoms with Crippen molar-refractivity contribution < 1.29 is 5.11 Å². The second kappa shape index (κ2) is 5.14. The number of aromatic hydroxyl groups is 1. The molecule has 2 aromatic rings. The van der Waals surface area contributed by atoms with Gasteiger partial charge in [-0.2, -0.15) is 0 Å². The molecule has 0 aromatic heterocycles. The summed E-state index contributed by atoms with van der Waals surface area (Å²) in [7, 11) is 0. The van der Waals surface area contributed by atoms with Crippen LogP contribution in [0.2, 0.25) is 0 Å². The fraction of sp³-hybridized carbons (Fsp3) is 0.167. The average Bonchev–Trinajstić information content (AvgIpc) is 2.19. The standard InChI is InChI=1S/C12H13NO.BrH/c13-6-5-9-1-2-11-8-12(14)4-3-10(11)7-9;/h1-4,7-8,14H,5-6,13H2;1H. The summed E-state index contributed by atoms with van der Waals surface area (Å²) in [5.41, 5.74) is 6.73. The third kappa shape index (κ3) is 2.70. The first-order valence-corrected chi connectivity index (χ1v) is 4.71. The Kier molecular flexibility index (Phi) is 4.12. The van der Waals surface area contributed by atoms with Crippen molar-refractivity contribution in [3.05, 3.63) is 42.0 Å². The molecule has 0 aliphatic carbocycles. The van der Waals surface area contributed by atoms with Crippen LogP contribution in [0.25, 0.3) is 10.8 Å². The van der Waals surface area contributed by atoms with Crippen molar-refractivity contribution >= 4 is 27.8 Å². The molecule has 0 bridgehead atoms. The molecule has 80 valence electrons. The van der Waals surface area contributed by atoms with Gasteiger partial charge in [0, 0.05) is 0 Å². The van der Waals surface area contributed by atoms with Gasteiger partial charge < -0.3 is 10.8 Å². The van der Waals surface area contributed by atoms with Gasteiger partial charge in [-0.15, -0.1) is 17.0 Å². The highest BCUT2D eigenvalue weighted by Crippen LogP contribution is 2.20. The topological polar surface area (TPSA) is 46.2 Å². The van der Waals surface area contributed by atoms with Gasteiger partial charge in [0.15, 0.2) is 0 Å². The van der Waals surface area contributed by atoms with Crippen molar-refractivity contribution in [1.29, 1.82) is 0 Å². The molecule has 0 saturated carbocycles. The lowest BCUT2D eigenvalue weighted by Crippen LogP contribution is -2.02. The number of phenols is 1. The first-order chi connectivity index (χ1) is 6.79. The maximum atomic E-state index is 9.28. The van der Waals surface area contributed by atoms with Gasteiger partial charge in [-0.25, -0.2) is 0 Å². The first kappa shape index (κ1) is 12.0. The van der Waals surface area contributed by atoms with Gasteiger partial charge in [-0.1, -0.05) is 24.3 Å². The summed E-state index contributed by atoms with van der Waals surface area (Å²) in [4.78, 5) is 0. The van der Waals surface area contributed by atoms with Gasteiger partial charge >= 0.3 is 0 Å². The lowest BCUT2D eigenvalue weighted by atomic mass is 10.1. The van der Waals surface area contributed by atoms with Crippen LogP contribution in [0.1, 0.15) is 5.56 Å². The quantitative estimate of drug-likeness (QED) is 0.879. The monoisotopic (exact) mass is 267 g/mol. The Bertz CT molecular complexity index is 456. The molecule has 0 saturated heterocycles. The van der Waals surface area contributed by atoms with E-state index in [1.807, 2.05) is 12.1 Å². The third-order valence-corrected chi connectivity index (χ3v) is 2.32. The second-order valence-corrected chi connectivity index (χ2v) is 3.40. The second-order valence-electron chi connectivity index (χ2n) is 3.40. The highest BCUT2D eigenvalue weighted by Gasteiger charge is 1.96. The Hall–Kier alpha value is -1.06. The molecule has 0 unspecified atom stereocenters. The van der Waals surface area contributed by atoms with E-state index in [4.69, 9.17) is 5.73 Å². The zero-order chi connectivity index (χ0) is 9.97. The van der Waals surface area contributed by atoms with Crippen molar-refractivity contribution in [2.45, 2.75) is 6.42 Å². The van der Waals surface area contributed by atoms with E-state index in [-0.39, 0.29) is 17.0 Å². The Morgan fingerprint density at radius 1 is 1.00 bits per heavy atom. The van der Waals surface area contributed by atoms with Crippen LogP contribution in [0.15, 0.2) is 36.4 Å². The van der Waals surface area contributed by atoms with Gasteiger partial charge in [0.1, 0.15) is 5.75 Å². The molecular weight excluding hydrogens is 254 g/mol. The Balaban J connectivity index is 0.00000112. The van der Waals surface area contributed by atoms with E-state index in [0.29, 0.717) is 12.3 Å². The molecule has 0 aliphatic rings. The largest absolute Gasteiger partial charge is 0.508 e. The lowest BCUT2D eigenvalue weighted by Gasteiger charge is -2.02. The van der Waals surface area contributed by atoms with Crippen molar-refractivity contribution in [1.82, 2.24) is 0 Å². The van der Waals surface area contributed by atoms with Crippen molar-refractivity contribution in [2.24, 2.45) is 5.73 Å². The molecule has 2 aromatic carbocycles. The highest BCUT2D eigenvalue weighted by molar-refractivity contribution is 8.93. The number of fused-ring (bicyclic) bond motifs is 1. The molecule has 2 rings (SSSR count). The van der Waals surface area contributed by atoms with Gasteiger partial charge in [0.05, 0.1) is 0 Å². The third-order valence-electron chi connectivity index (χ3n) is 2.32. The van der Waals surface area contributed by atoms with Crippen molar-refractivity contribution in [3.8, 4) is 5.75 Å². The van der Waals surface area contributed by atoms with Crippen LogP contribution >= 0.6 is 17.0 Å². The predicted molar refractivity (Wildman–Crippen MR) is 68.7 cm³/mol. The fourth-order valence-electron chi connectivity index (χ4n) is 1.60. The van der Waals surface area contributed by atoms with Gasteiger partial charge in [-0.05, 0) is 41.4 Å². The Morgan fingerprint density at radius 3 is 2.40 bits per heavy atom. The van der Waals surface area contributed by atoms with Gasteiger partial charge in [0.25, 0.3) is 0 Å². The highest BCUT2D eigenvalue weighted by atomic mass is 79.9. The maximum absolute atomic E-state index is 9.28. The van der Waals surface area contributed by atoms with Crippen LogP contribution in [0, 0.1) is 0 Å². The molecule has 0 amide bonds. The fourth-order valence-corrected chi connectivity index (χ4v) is 1.60. The average molecular weight is 268 g/mol. The summed E-state index contributed by atoms with van der Waals surface area (Å²) in [6.45, 7) is 0.670. The van der Waals surface area contributed by atoms with Crippen molar-refractivity contribution in [3.63, 3.8) is 0 Å². The minimum absolute atomic E-state index is 0. The van der Waals surface area contributed by atoms with E-state index in [1.165, 1.54) is 5.56 Å². The molecule has 0 heterocycles. The molecule has 0 aliphatic heterocycles. The molecule has 0 spiro atoms. The molecule has 3 heteroatoms. The minimum Gasteiger partial charge on any atom is -0.508 e. The zero-order valence-electron chi connectivity index (χ0n) is 8.31. The van der Waals surface area contributed by atoms with Crippen LogP contribution in [-0.4, -0.2) is 11.7 Å². The molecule has 2 nitrogen and oxygen atoms in total. The Morgan fingerprint density at radius 2 is 1.67 bits per heavy atom. The molecule has 3 N–H and O–H groups in total. The summed E-state index contributed by atoms with van der Waals surface area (Å²) in [5, 5.41) is 11.5. The van der Waals surface area contributed by atoms with Crippen LogP contribution in [0.5, 0.6) is 5.75 Å². The van der Waals surface area contributed by atoms with E-state index in [0.717, 1.165) is 17.2 Å². The summed E-state index contributed by atoms with van der Waals surface area (Å²) < 4.78 is 0. The van der Waals surface area contributed by atoms with Crippen LogP contribution in [0.3, 0.4) is 0 Å². The number of benzene rings is 2. The van der Waals surface area contributed by atoms with E-state index >= 15 is 0 Å². The minimum atomic E-state index is 0. The van der Waals surface area contributed by atoms with Crippen LogP contribution in [-0.2, 0) is 6.42 Å². The first-order valence-electron chi connectivity index (χ1n) is 4.71. The summed E-state index contributed by atoms with van der Waals surface area (Å²) in [6, 6.07) is 11.6. The number of nitrogens with two attached hydrogens (primary N) is 1. The Labute approximate surface area is 99.5 Å². The lowest BCUT2D eigenvalue weighted by molar-refractivity contribution is 0.476. The van der Waals surface area contributed by atoms with Crippen LogP contribution < -0.4 is 5.73 Å². The van der Waals surface area contributed by atoms with E-state index in [9.17, 15) is 5.11 Å². The van der Waals surface area contributed by atoms with Gasteiger partial charge in [0.2, 0.25) is 0 Å². The molecular formula is C12H14BrNO. The number of phenolic OH excluding ortho intramolecular Hbond substituents is 1. The number of hydrogen-bond donors (Lipinski definition) is 2. The van der Waals surface area contributed by atoms with E-state index in [2.05, 4.69) is 12.1 Å². The normalized spacial score (nSPS) is 9.93. The number of rotatable bonds is 2.